The highest BCUT2D eigenvalue weighted by Gasteiger charge is 2.28. The Morgan fingerprint density at radius 1 is 0.906 bits per heavy atom. The number of carbonyl (C=O) groups is 1. The molecule has 0 radical (unpaired) electrons. The second-order valence-corrected chi connectivity index (χ2v) is 10.3. The highest BCUT2D eigenvalue weighted by Crippen LogP contribution is 2.25. The van der Waals surface area contributed by atoms with E-state index in [1.165, 1.54) is 24.3 Å². The number of nitrogens with one attached hydrogen (secondary N) is 1. The molecular weight excluding hydrogens is 444 g/mol. The second kappa shape index (κ2) is 10.7. The molecule has 32 heavy (non-hydrogen) atoms. The van der Waals surface area contributed by atoms with Crippen molar-refractivity contribution in [2.24, 2.45) is 5.92 Å². The van der Waals surface area contributed by atoms with Crippen molar-refractivity contribution in [3.05, 3.63) is 95.5 Å². The van der Waals surface area contributed by atoms with Crippen LogP contribution in [0.3, 0.4) is 0 Å². The van der Waals surface area contributed by atoms with E-state index in [1.807, 2.05) is 30.3 Å². The number of para-hydroxylation sites is 1. The van der Waals surface area contributed by atoms with Crippen molar-refractivity contribution in [2.75, 3.05) is 10.8 Å². The normalized spacial score (nSPS) is 12.4. The summed E-state index contributed by atoms with van der Waals surface area (Å²) in [4.78, 5) is 13.2. The lowest BCUT2D eigenvalue weighted by Gasteiger charge is -2.26. The number of carbonyl (C=O) groups excluding carboxylic acids is 1. The first kappa shape index (κ1) is 23.8. The molecule has 1 amide bonds. The van der Waals surface area contributed by atoms with E-state index in [2.05, 4.69) is 19.2 Å². The molecule has 0 saturated heterocycles. The molecule has 0 fully saturated rings. The summed E-state index contributed by atoms with van der Waals surface area (Å²) in [6.45, 7) is 3.84. The van der Waals surface area contributed by atoms with Crippen LogP contribution in [0.4, 0.5) is 5.69 Å². The van der Waals surface area contributed by atoms with E-state index in [1.54, 1.807) is 30.3 Å². The Kier molecular flexibility index (Phi) is 7.94. The number of rotatable bonds is 9. The fraction of sp³-hybridized carbons (Fsp3) is 0.240. The van der Waals surface area contributed by atoms with Crippen LogP contribution in [-0.2, 0) is 14.8 Å². The molecule has 0 spiro atoms. The molecule has 0 saturated carbocycles. The zero-order chi connectivity index (χ0) is 23.1. The summed E-state index contributed by atoms with van der Waals surface area (Å²) in [5.41, 5.74) is 1.40. The molecule has 0 aliphatic rings. The van der Waals surface area contributed by atoms with Gasteiger partial charge in [-0.2, -0.15) is 0 Å². The quantitative estimate of drug-likeness (QED) is 0.453. The lowest BCUT2D eigenvalue weighted by molar-refractivity contribution is -0.120. The Morgan fingerprint density at radius 2 is 1.47 bits per heavy atom. The highest BCUT2D eigenvalue weighted by molar-refractivity contribution is 7.92. The zero-order valence-corrected chi connectivity index (χ0v) is 19.7. The first-order chi connectivity index (χ1) is 15.3. The van der Waals surface area contributed by atoms with Crippen LogP contribution in [-0.4, -0.2) is 20.9 Å². The van der Waals surface area contributed by atoms with Crippen molar-refractivity contribution >= 4 is 33.2 Å². The molecule has 1 N–H and O–H groups in total. The summed E-state index contributed by atoms with van der Waals surface area (Å²) < 4.78 is 28.0. The minimum absolute atomic E-state index is 0.0698. The van der Waals surface area contributed by atoms with Crippen LogP contribution in [0.5, 0.6) is 0 Å². The number of hydrogen-bond acceptors (Lipinski definition) is 3. The first-order valence-electron chi connectivity index (χ1n) is 10.4. The van der Waals surface area contributed by atoms with E-state index in [4.69, 9.17) is 11.6 Å². The Bertz CT molecular complexity index is 1120. The zero-order valence-electron chi connectivity index (χ0n) is 18.1. The van der Waals surface area contributed by atoms with Gasteiger partial charge in [-0.3, -0.25) is 9.10 Å². The number of hydrogen-bond donors (Lipinski definition) is 1. The molecule has 0 bridgehead atoms. The third-order valence-corrected chi connectivity index (χ3v) is 7.02. The maximum Gasteiger partial charge on any atom is 0.264 e. The van der Waals surface area contributed by atoms with E-state index in [0.29, 0.717) is 16.6 Å². The number of sulfonamides is 1. The molecule has 0 heterocycles. The summed E-state index contributed by atoms with van der Waals surface area (Å²) in [5.74, 6) is -0.0237. The molecule has 0 aliphatic carbocycles. The molecular formula is C25H27ClN2O3S. The van der Waals surface area contributed by atoms with Gasteiger partial charge in [0.05, 0.1) is 16.6 Å². The molecule has 0 unspecified atom stereocenters. The van der Waals surface area contributed by atoms with Crippen LogP contribution < -0.4 is 9.62 Å². The predicted octanol–water partition coefficient (Wildman–Crippen LogP) is 5.44. The lowest BCUT2D eigenvalue weighted by Crippen LogP contribution is -2.42. The summed E-state index contributed by atoms with van der Waals surface area (Å²) in [6, 6.07) is 24.0. The number of anilines is 1. The van der Waals surface area contributed by atoms with Gasteiger partial charge in [-0.25, -0.2) is 8.42 Å². The van der Waals surface area contributed by atoms with Gasteiger partial charge in [-0.1, -0.05) is 74.0 Å². The van der Waals surface area contributed by atoms with E-state index < -0.39 is 10.0 Å². The topological polar surface area (TPSA) is 66.5 Å². The van der Waals surface area contributed by atoms with Gasteiger partial charge in [-0.05, 0) is 54.3 Å². The Morgan fingerprint density at radius 3 is 2.03 bits per heavy atom. The summed E-state index contributed by atoms with van der Waals surface area (Å²) in [6.07, 6.45) is 0.741. The molecule has 168 valence electrons. The van der Waals surface area contributed by atoms with Crippen LogP contribution in [0, 0.1) is 5.92 Å². The minimum Gasteiger partial charge on any atom is -0.348 e. The summed E-state index contributed by atoms with van der Waals surface area (Å²) in [5, 5.41) is 3.47. The van der Waals surface area contributed by atoms with Crippen molar-refractivity contribution in [1.29, 1.82) is 0 Å². The average Bonchev–Trinajstić information content (AvgIpc) is 2.78. The second-order valence-electron chi connectivity index (χ2n) is 7.96. The SMILES string of the molecule is CC(C)C[C@@H](NC(=O)CN(c1ccccc1)S(=O)(=O)c1ccc(Cl)cc1)c1ccccc1. The van der Waals surface area contributed by atoms with Crippen LogP contribution in [0.15, 0.2) is 89.8 Å². The van der Waals surface area contributed by atoms with Crippen LogP contribution in [0.25, 0.3) is 0 Å². The van der Waals surface area contributed by atoms with Crippen LogP contribution in [0.2, 0.25) is 5.02 Å². The van der Waals surface area contributed by atoms with Gasteiger partial charge in [0.15, 0.2) is 0 Å². The Balaban J connectivity index is 1.89. The van der Waals surface area contributed by atoms with Gasteiger partial charge in [0, 0.05) is 5.02 Å². The number of benzene rings is 3. The van der Waals surface area contributed by atoms with E-state index in [0.717, 1.165) is 16.3 Å². The van der Waals surface area contributed by atoms with Gasteiger partial charge in [0.1, 0.15) is 6.54 Å². The average molecular weight is 471 g/mol. The van der Waals surface area contributed by atoms with Crippen molar-refractivity contribution in [2.45, 2.75) is 31.2 Å². The standard InChI is InChI=1S/C25H27ClN2O3S/c1-19(2)17-24(20-9-5-3-6-10-20)27-25(29)18-28(22-11-7-4-8-12-22)32(30,31)23-15-13-21(26)14-16-23/h3-16,19,24H,17-18H2,1-2H3,(H,27,29)/t24-/m1/s1. The third-order valence-electron chi connectivity index (χ3n) is 4.98. The van der Waals surface area contributed by atoms with Gasteiger partial charge >= 0.3 is 0 Å². The molecule has 3 aromatic carbocycles. The van der Waals surface area contributed by atoms with Gasteiger partial charge < -0.3 is 5.32 Å². The molecule has 5 nitrogen and oxygen atoms in total. The summed E-state index contributed by atoms with van der Waals surface area (Å²) >= 11 is 5.93. The van der Waals surface area contributed by atoms with Crippen molar-refractivity contribution in [1.82, 2.24) is 5.32 Å². The lowest BCUT2D eigenvalue weighted by atomic mass is 9.97. The molecule has 3 rings (SSSR count). The van der Waals surface area contributed by atoms with Gasteiger partial charge in [0.25, 0.3) is 10.0 Å². The van der Waals surface area contributed by atoms with E-state index >= 15 is 0 Å². The van der Waals surface area contributed by atoms with Crippen LogP contribution >= 0.6 is 11.6 Å². The highest BCUT2D eigenvalue weighted by atomic mass is 35.5. The third kappa shape index (κ3) is 6.11. The van der Waals surface area contributed by atoms with Crippen LogP contribution in [0.1, 0.15) is 31.9 Å². The molecule has 3 aromatic rings. The number of amides is 1. The van der Waals surface area contributed by atoms with E-state index in [-0.39, 0.29) is 23.4 Å². The fourth-order valence-electron chi connectivity index (χ4n) is 3.45. The molecule has 1 atom stereocenters. The summed E-state index contributed by atoms with van der Waals surface area (Å²) in [7, 11) is -3.98. The Hall–Kier alpha value is -2.83. The number of halogens is 1. The molecule has 7 heteroatoms. The maximum atomic E-state index is 13.4. The first-order valence-corrected chi connectivity index (χ1v) is 12.3. The smallest absolute Gasteiger partial charge is 0.264 e. The van der Waals surface area contributed by atoms with Gasteiger partial charge in [-0.15, -0.1) is 0 Å². The van der Waals surface area contributed by atoms with Gasteiger partial charge in [0.2, 0.25) is 5.91 Å². The predicted molar refractivity (Wildman–Crippen MR) is 129 cm³/mol. The maximum absolute atomic E-state index is 13.4. The monoisotopic (exact) mass is 470 g/mol. The van der Waals surface area contributed by atoms with Crippen molar-refractivity contribution < 1.29 is 13.2 Å². The number of nitrogens with zero attached hydrogens (tertiary/aromatic N) is 1. The van der Waals surface area contributed by atoms with Crippen molar-refractivity contribution in [3.63, 3.8) is 0 Å². The molecule has 0 aromatic heterocycles. The minimum atomic E-state index is -3.98. The van der Waals surface area contributed by atoms with Crippen molar-refractivity contribution in [3.8, 4) is 0 Å². The fourth-order valence-corrected chi connectivity index (χ4v) is 5.00. The van der Waals surface area contributed by atoms with E-state index in [9.17, 15) is 13.2 Å². The Labute approximate surface area is 195 Å². The molecule has 0 aliphatic heterocycles. The largest absolute Gasteiger partial charge is 0.348 e.